The molecule has 1 amide bonds. The van der Waals surface area contributed by atoms with Crippen LogP contribution in [0.25, 0.3) is 0 Å². The lowest BCUT2D eigenvalue weighted by Gasteiger charge is -2.24. The highest BCUT2D eigenvalue weighted by Crippen LogP contribution is 2.29. The molecular weight excluding hydrogens is 302 g/mol. The van der Waals surface area contributed by atoms with E-state index < -0.39 is 23.3 Å². The van der Waals surface area contributed by atoms with E-state index in [-0.39, 0.29) is 12.0 Å². The summed E-state index contributed by atoms with van der Waals surface area (Å²) >= 11 is 0. The van der Waals surface area contributed by atoms with E-state index in [0.717, 1.165) is 25.3 Å². The van der Waals surface area contributed by atoms with Crippen molar-refractivity contribution in [3.8, 4) is 0 Å². The number of amides is 1. The Morgan fingerprint density at radius 1 is 1.30 bits per heavy atom. The van der Waals surface area contributed by atoms with E-state index in [0.29, 0.717) is 12.2 Å². The van der Waals surface area contributed by atoms with Gasteiger partial charge < -0.3 is 15.4 Å². The maximum absolute atomic E-state index is 13.7. The maximum atomic E-state index is 13.7. The van der Waals surface area contributed by atoms with Crippen LogP contribution in [0.2, 0.25) is 0 Å². The largest absolute Gasteiger partial charge is 0.444 e. The summed E-state index contributed by atoms with van der Waals surface area (Å²) in [4.78, 5) is 11.7. The molecule has 4 nitrogen and oxygen atoms in total. The number of rotatable bonds is 4. The van der Waals surface area contributed by atoms with Gasteiger partial charge in [0.15, 0.2) is 0 Å². The number of hydrogen-bond acceptors (Lipinski definition) is 3. The second-order valence-corrected chi connectivity index (χ2v) is 6.95. The molecule has 2 N–H and O–H groups in total. The number of alkyl carbamates (subject to hydrolysis) is 1. The van der Waals surface area contributed by atoms with Crippen molar-refractivity contribution in [2.45, 2.75) is 51.7 Å². The summed E-state index contributed by atoms with van der Waals surface area (Å²) in [6.07, 6.45) is 2.38. The van der Waals surface area contributed by atoms with Crippen molar-refractivity contribution in [3.63, 3.8) is 0 Å². The van der Waals surface area contributed by atoms with E-state index in [1.807, 2.05) is 20.8 Å². The molecule has 0 spiro atoms. The predicted octanol–water partition coefficient (Wildman–Crippen LogP) is 4.07. The lowest BCUT2D eigenvalue weighted by atomic mass is 10.0. The van der Waals surface area contributed by atoms with Crippen LogP contribution in [-0.2, 0) is 4.74 Å². The summed E-state index contributed by atoms with van der Waals surface area (Å²) in [5.74, 6) is -1.01. The first-order valence-corrected chi connectivity index (χ1v) is 7.93. The number of carbonyl (C=O) groups is 1. The van der Waals surface area contributed by atoms with Crippen LogP contribution in [0.5, 0.6) is 0 Å². The Bertz CT molecular complexity index is 558. The van der Waals surface area contributed by atoms with Gasteiger partial charge in [0.25, 0.3) is 0 Å². The fraction of sp³-hybridized carbons (Fsp3) is 0.588. The first-order chi connectivity index (χ1) is 10.7. The second kappa shape index (κ2) is 7.15. The molecule has 0 radical (unpaired) electrons. The molecule has 0 aliphatic heterocycles. The van der Waals surface area contributed by atoms with E-state index in [1.54, 1.807) is 0 Å². The molecule has 23 heavy (non-hydrogen) atoms. The van der Waals surface area contributed by atoms with E-state index in [1.165, 1.54) is 12.1 Å². The molecule has 2 atom stereocenters. The third kappa shape index (κ3) is 5.37. The summed E-state index contributed by atoms with van der Waals surface area (Å²) in [7, 11) is 0. The Hall–Kier alpha value is -1.85. The Kier molecular flexibility index (Phi) is 5.44. The zero-order valence-electron chi connectivity index (χ0n) is 13.8. The minimum absolute atomic E-state index is 0.0462. The van der Waals surface area contributed by atoms with Crippen molar-refractivity contribution in [1.82, 2.24) is 5.32 Å². The molecule has 2 unspecified atom stereocenters. The van der Waals surface area contributed by atoms with Crippen LogP contribution in [0.15, 0.2) is 18.2 Å². The quantitative estimate of drug-likeness (QED) is 0.877. The highest BCUT2D eigenvalue weighted by Gasteiger charge is 2.28. The average molecular weight is 326 g/mol. The molecule has 0 aromatic heterocycles. The van der Waals surface area contributed by atoms with Crippen molar-refractivity contribution in [1.29, 1.82) is 0 Å². The van der Waals surface area contributed by atoms with Crippen LogP contribution < -0.4 is 10.6 Å². The Morgan fingerprint density at radius 2 is 2.04 bits per heavy atom. The Labute approximate surface area is 135 Å². The first-order valence-electron chi connectivity index (χ1n) is 7.93. The molecular formula is C17H24F2N2O2. The zero-order valence-corrected chi connectivity index (χ0v) is 13.8. The van der Waals surface area contributed by atoms with Gasteiger partial charge in [0.1, 0.15) is 17.2 Å². The molecule has 128 valence electrons. The summed E-state index contributed by atoms with van der Waals surface area (Å²) in [5, 5.41) is 5.89. The maximum Gasteiger partial charge on any atom is 0.407 e. The minimum Gasteiger partial charge on any atom is -0.444 e. The average Bonchev–Trinajstić information content (AvgIpc) is 2.85. The molecule has 2 rings (SSSR count). The predicted molar refractivity (Wildman–Crippen MR) is 85.3 cm³/mol. The lowest BCUT2D eigenvalue weighted by Crippen LogP contribution is -2.38. The van der Waals surface area contributed by atoms with Gasteiger partial charge in [-0.25, -0.2) is 13.6 Å². The van der Waals surface area contributed by atoms with Crippen LogP contribution in [-0.4, -0.2) is 24.3 Å². The Balaban J connectivity index is 1.89. The van der Waals surface area contributed by atoms with Gasteiger partial charge >= 0.3 is 6.09 Å². The van der Waals surface area contributed by atoms with Crippen LogP contribution in [0, 0.1) is 17.6 Å². The fourth-order valence-electron chi connectivity index (χ4n) is 2.81. The summed E-state index contributed by atoms with van der Waals surface area (Å²) in [6.45, 7) is 5.90. The SMILES string of the molecule is CC(C)(C)OC(=O)NCC1CCCC1Nc1ccc(F)cc1F. The smallest absolute Gasteiger partial charge is 0.407 e. The van der Waals surface area contributed by atoms with Gasteiger partial charge in [-0.3, -0.25) is 0 Å². The zero-order chi connectivity index (χ0) is 17.0. The molecule has 6 heteroatoms. The minimum atomic E-state index is -0.601. The van der Waals surface area contributed by atoms with Crippen molar-refractivity contribution in [3.05, 3.63) is 29.8 Å². The van der Waals surface area contributed by atoms with E-state index in [4.69, 9.17) is 4.74 Å². The number of nitrogens with one attached hydrogen (secondary N) is 2. The monoisotopic (exact) mass is 326 g/mol. The molecule has 1 aromatic carbocycles. The third-order valence-corrected chi connectivity index (χ3v) is 3.84. The number of benzene rings is 1. The molecule has 1 fully saturated rings. The van der Waals surface area contributed by atoms with Gasteiger partial charge in [-0.2, -0.15) is 0 Å². The van der Waals surface area contributed by atoms with Gasteiger partial charge in [-0.15, -0.1) is 0 Å². The van der Waals surface area contributed by atoms with Crippen molar-refractivity contribution >= 4 is 11.8 Å². The highest BCUT2D eigenvalue weighted by atomic mass is 19.1. The van der Waals surface area contributed by atoms with Gasteiger partial charge in [0.2, 0.25) is 0 Å². The standard InChI is InChI=1S/C17H24F2N2O2/c1-17(2,3)23-16(22)20-10-11-5-4-6-14(11)21-15-8-7-12(18)9-13(15)19/h7-9,11,14,21H,4-6,10H2,1-3H3,(H,20,22). The Morgan fingerprint density at radius 3 is 2.70 bits per heavy atom. The second-order valence-electron chi connectivity index (χ2n) is 6.95. The van der Waals surface area contributed by atoms with Crippen LogP contribution in [0.1, 0.15) is 40.0 Å². The lowest BCUT2D eigenvalue weighted by molar-refractivity contribution is 0.0519. The molecule has 0 saturated heterocycles. The fourth-order valence-corrected chi connectivity index (χ4v) is 2.81. The van der Waals surface area contributed by atoms with Gasteiger partial charge in [0, 0.05) is 18.7 Å². The molecule has 0 bridgehead atoms. The number of ether oxygens (including phenoxy) is 1. The van der Waals surface area contributed by atoms with Crippen LogP contribution in [0.4, 0.5) is 19.3 Å². The molecule has 1 aliphatic rings. The van der Waals surface area contributed by atoms with Crippen molar-refractivity contribution < 1.29 is 18.3 Å². The third-order valence-electron chi connectivity index (χ3n) is 3.84. The number of halogens is 2. The summed E-state index contributed by atoms with van der Waals surface area (Å²) < 4.78 is 31.9. The van der Waals surface area contributed by atoms with Crippen LogP contribution >= 0.6 is 0 Å². The molecule has 0 heterocycles. The molecule has 1 aliphatic carbocycles. The topological polar surface area (TPSA) is 50.4 Å². The molecule has 1 aromatic rings. The van der Waals surface area contributed by atoms with Gasteiger partial charge in [-0.05, 0) is 51.7 Å². The highest BCUT2D eigenvalue weighted by molar-refractivity contribution is 5.67. The van der Waals surface area contributed by atoms with Crippen molar-refractivity contribution in [2.75, 3.05) is 11.9 Å². The van der Waals surface area contributed by atoms with E-state index >= 15 is 0 Å². The number of anilines is 1. The van der Waals surface area contributed by atoms with Crippen LogP contribution in [0.3, 0.4) is 0 Å². The normalized spacial score (nSPS) is 21.1. The van der Waals surface area contributed by atoms with Gasteiger partial charge in [0.05, 0.1) is 5.69 Å². The number of hydrogen-bond donors (Lipinski definition) is 2. The first kappa shape index (κ1) is 17.5. The van der Waals surface area contributed by atoms with Gasteiger partial charge in [-0.1, -0.05) is 6.42 Å². The molecule has 1 saturated carbocycles. The number of carbonyl (C=O) groups excluding carboxylic acids is 1. The van der Waals surface area contributed by atoms with E-state index in [9.17, 15) is 13.6 Å². The summed E-state index contributed by atoms with van der Waals surface area (Å²) in [5.41, 5.74) is -0.241. The van der Waals surface area contributed by atoms with Crippen molar-refractivity contribution in [2.24, 2.45) is 5.92 Å². The summed E-state index contributed by atoms with van der Waals surface area (Å²) in [6, 6.07) is 3.55. The van der Waals surface area contributed by atoms with E-state index in [2.05, 4.69) is 10.6 Å².